The van der Waals surface area contributed by atoms with E-state index < -0.39 is 0 Å². The summed E-state index contributed by atoms with van der Waals surface area (Å²) >= 11 is 0. The fourth-order valence-electron chi connectivity index (χ4n) is 3.90. The zero-order chi connectivity index (χ0) is 22.8. The van der Waals surface area contributed by atoms with Crippen molar-refractivity contribution >= 4 is 27.6 Å². The van der Waals surface area contributed by atoms with Crippen molar-refractivity contribution in [3.63, 3.8) is 0 Å². The molecule has 0 unspecified atom stereocenters. The molecule has 0 atom stereocenters. The number of rotatable bonds is 7. The number of amides is 1. The number of methoxy groups -OCH3 is 4. The molecule has 7 nitrogen and oxygen atoms in total. The van der Waals surface area contributed by atoms with E-state index in [0.717, 1.165) is 27.5 Å². The highest BCUT2D eigenvalue weighted by atomic mass is 16.5. The van der Waals surface area contributed by atoms with Gasteiger partial charge in [0, 0.05) is 25.0 Å². The van der Waals surface area contributed by atoms with Crippen LogP contribution in [0.1, 0.15) is 16.1 Å². The molecule has 0 bridgehead atoms. The van der Waals surface area contributed by atoms with Crippen molar-refractivity contribution in [3.8, 4) is 23.0 Å². The summed E-state index contributed by atoms with van der Waals surface area (Å²) in [6.45, 7) is 0.466. The molecule has 4 aromatic rings. The number of hydrogen-bond acceptors (Lipinski definition) is 5. The van der Waals surface area contributed by atoms with Crippen molar-refractivity contribution in [2.24, 2.45) is 0 Å². The Balaban J connectivity index is 1.63. The Hall–Kier alpha value is -3.87. The van der Waals surface area contributed by atoms with Gasteiger partial charge in [0.05, 0.1) is 34.0 Å². The summed E-state index contributed by atoms with van der Waals surface area (Å²) in [6, 6.07) is 15.6. The van der Waals surface area contributed by atoms with Crippen LogP contribution in [0.15, 0.2) is 48.5 Å². The smallest absolute Gasteiger partial charge is 0.270 e. The summed E-state index contributed by atoms with van der Waals surface area (Å²) in [5, 5.41) is 2.93. The number of hydrogen-bond donors (Lipinski definition) is 1. The summed E-state index contributed by atoms with van der Waals surface area (Å²) in [4.78, 5) is 18.0. The predicted molar refractivity (Wildman–Crippen MR) is 124 cm³/mol. The molecule has 0 aliphatic rings. The zero-order valence-corrected chi connectivity index (χ0v) is 18.8. The number of carbonyl (C=O) groups excluding carboxylic acids is 1. The van der Waals surface area contributed by atoms with Crippen molar-refractivity contribution in [1.82, 2.24) is 9.88 Å². The third kappa shape index (κ3) is 3.77. The maximum Gasteiger partial charge on any atom is 0.270 e. The highest BCUT2D eigenvalue weighted by Crippen LogP contribution is 2.41. The first-order valence-corrected chi connectivity index (χ1v) is 10.1. The minimum atomic E-state index is -0.140. The lowest BCUT2D eigenvalue weighted by atomic mass is 10.1. The Morgan fingerprint density at radius 1 is 0.844 bits per heavy atom. The van der Waals surface area contributed by atoms with E-state index in [1.807, 2.05) is 30.3 Å². The molecule has 1 aromatic heterocycles. The summed E-state index contributed by atoms with van der Waals surface area (Å²) < 4.78 is 21.7. The van der Waals surface area contributed by atoms with E-state index in [1.54, 1.807) is 52.5 Å². The van der Waals surface area contributed by atoms with Crippen LogP contribution in [0.2, 0.25) is 0 Å². The predicted octanol–water partition coefficient (Wildman–Crippen LogP) is 4.63. The van der Waals surface area contributed by atoms with Crippen LogP contribution in [-0.4, -0.2) is 51.3 Å². The van der Waals surface area contributed by atoms with Gasteiger partial charge in [0.1, 0.15) is 17.2 Å². The Labute approximate surface area is 186 Å². The van der Waals surface area contributed by atoms with Gasteiger partial charge in [0.25, 0.3) is 5.91 Å². The fourth-order valence-corrected chi connectivity index (χ4v) is 3.90. The Bertz CT molecular complexity index is 1290. The van der Waals surface area contributed by atoms with Crippen LogP contribution in [0.3, 0.4) is 0 Å². The van der Waals surface area contributed by atoms with E-state index in [-0.39, 0.29) is 5.91 Å². The SMILES string of the molecule is COc1ccc2cc(CN(C)C(=O)c3cc4c(OC)cc(OC)c(OC)c4[nH]3)ccc2c1. The molecule has 0 saturated carbocycles. The topological polar surface area (TPSA) is 73.0 Å². The van der Waals surface area contributed by atoms with Crippen molar-refractivity contribution in [3.05, 3.63) is 59.8 Å². The number of nitrogens with zero attached hydrogens (tertiary/aromatic N) is 1. The van der Waals surface area contributed by atoms with Gasteiger partial charge in [-0.25, -0.2) is 0 Å². The molecule has 0 spiro atoms. The molecule has 3 aromatic carbocycles. The largest absolute Gasteiger partial charge is 0.497 e. The number of carbonyl (C=O) groups is 1. The highest BCUT2D eigenvalue weighted by molar-refractivity contribution is 6.02. The number of aromatic nitrogens is 1. The van der Waals surface area contributed by atoms with Gasteiger partial charge < -0.3 is 28.8 Å². The van der Waals surface area contributed by atoms with Gasteiger partial charge in [-0.2, -0.15) is 0 Å². The van der Waals surface area contributed by atoms with Crippen LogP contribution in [0.5, 0.6) is 23.0 Å². The quantitative estimate of drug-likeness (QED) is 0.459. The summed E-state index contributed by atoms with van der Waals surface area (Å²) in [7, 11) is 8.14. The molecule has 0 saturated heterocycles. The Kier molecular flexibility index (Phi) is 5.81. The third-order valence-corrected chi connectivity index (χ3v) is 5.55. The second-order valence-electron chi connectivity index (χ2n) is 7.49. The molecule has 4 rings (SSSR count). The van der Waals surface area contributed by atoms with Gasteiger partial charge >= 0.3 is 0 Å². The normalized spacial score (nSPS) is 10.9. The number of H-pyrrole nitrogens is 1. The van der Waals surface area contributed by atoms with Gasteiger partial charge in [-0.05, 0) is 40.6 Å². The number of benzene rings is 3. The molecule has 7 heteroatoms. The number of fused-ring (bicyclic) bond motifs is 2. The van der Waals surface area contributed by atoms with E-state index in [1.165, 1.54) is 0 Å². The average Bonchev–Trinajstić information content (AvgIpc) is 3.27. The summed E-state index contributed by atoms with van der Waals surface area (Å²) in [6.07, 6.45) is 0. The molecule has 166 valence electrons. The second kappa shape index (κ2) is 8.70. The Morgan fingerprint density at radius 2 is 1.56 bits per heavy atom. The summed E-state index contributed by atoms with van der Waals surface area (Å²) in [5.41, 5.74) is 2.13. The van der Waals surface area contributed by atoms with Gasteiger partial charge in [-0.1, -0.05) is 18.2 Å². The first-order chi connectivity index (χ1) is 15.5. The molecule has 0 aliphatic carbocycles. The van der Waals surface area contributed by atoms with E-state index in [2.05, 4.69) is 11.1 Å². The first kappa shape index (κ1) is 21.4. The monoisotopic (exact) mass is 434 g/mol. The van der Waals surface area contributed by atoms with E-state index in [0.29, 0.717) is 35.0 Å². The van der Waals surface area contributed by atoms with E-state index in [4.69, 9.17) is 18.9 Å². The van der Waals surface area contributed by atoms with Crippen LogP contribution < -0.4 is 18.9 Å². The molecule has 1 heterocycles. The molecular formula is C25H26N2O5. The second-order valence-corrected chi connectivity index (χ2v) is 7.49. The van der Waals surface area contributed by atoms with Gasteiger partial charge in [-0.15, -0.1) is 0 Å². The van der Waals surface area contributed by atoms with Crippen molar-refractivity contribution in [1.29, 1.82) is 0 Å². The lowest BCUT2D eigenvalue weighted by Gasteiger charge is -2.17. The molecule has 0 aliphatic heterocycles. The minimum absolute atomic E-state index is 0.140. The first-order valence-electron chi connectivity index (χ1n) is 10.1. The number of ether oxygens (including phenoxy) is 4. The standard InChI is InChI=1S/C25H26N2O5/c1-27(14-15-6-7-17-11-18(29-2)9-8-16(17)10-15)25(28)20-12-19-21(30-3)13-22(31-4)24(32-5)23(19)26-20/h6-13,26H,14H2,1-5H3. The molecular weight excluding hydrogens is 408 g/mol. The van der Waals surface area contributed by atoms with Crippen LogP contribution in [0.4, 0.5) is 0 Å². The Morgan fingerprint density at radius 3 is 2.25 bits per heavy atom. The maximum absolute atomic E-state index is 13.2. The van der Waals surface area contributed by atoms with Crippen molar-refractivity contribution < 1.29 is 23.7 Å². The third-order valence-electron chi connectivity index (χ3n) is 5.55. The fraction of sp³-hybridized carbons (Fsp3) is 0.240. The minimum Gasteiger partial charge on any atom is -0.497 e. The maximum atomic E-state index is 13.2. The van der Waals surface area contributed by atoms with E-state index in [9.17, 15) is 4.79 Å². The number of aromatic amines is 1. The van der Waals surface area contributed by atoms with E-state index >= 15 is 0 Å². The van der Waals surface area contributed by atoms with Crippen molar-refractivity contribution in [2.75, 3.05) is 35.5 Å². The highest BCUT2D eigenvalue weighted by Gasteiger charge is 2.21. The van der Waals surface area contributed by atoms with Gasteiger partial charge in [-0.3, -0.25) is 4.79 Å². The van der Waals surface area contributed by atoms with Crippen LogP contribution >= 0.6 is 0 Å². The van der Waals surface area contributed by atoms with Crippen LogP contribution in [0, 0.1) is 0 Å². The average molecular weight is 434 g/mol. The molecule has 0 fully saturated rings. The molecule has 0 radical (unpaired) electrons. The molecule has 32 heavy (non-hydrogen) atoms. The molecule has 1 N–H and O–H groups in total. The van der Waals surface area contributed by atoms with Gasteiger partial charge in [0.2, 0.25) is 0 Å². The zero-order valence-electron chi connectivity index (χ0n) is 18.8. The lowest BCUT2D eigenvalue weighted by molar-refractivity contribution is 0.0780. The van der Waals surface area contributed by atoms with Crippen molar-refractivity contribution in [2.45, 2.75) is 6.54 Å². The summed E-state index contributed by atoms with van der Waals surface area (Å²) in [5.74, 6) is 2.33. The van der Waals surface area contributed by atoms with Crippen LogP contribution in [-0.2, 0) is 6.54 Å². The molecule has 1 amide bonds. The lowest BCUT2D eigenvalue weighted by Crippen LogP contribution is -2.26. The van der Waals surface area contributed by atoms with Crippen LogP contribution in [0.25, 0.3) is 21.7 Å². The van der Waals surface area contributed by atoms with Gasteiger partial charge in [0.15, 0.2) is 11.5 Å². The number of nitrogens with one attached hydrogen (secondary N) is 1.